The molecule has 2 rings (SSSR count). The van der Waals surface area contributed by atoms with E-state index in [0.29, 0.717) is 0 Å². The Hall–Kier alpha value is -1.61. The van der Waals surface area contributed by atoms with Crippen LogP contribution in [-0.2, 0) is 6.54 Å². The van der Waals surface area contributed by atoms with E-state index in [1.807, 2.05) is 54.5 Å². The van der Waals surface area contributed by atoms with Gasteiger partial charge in [-0.1, -0.05) is 18.2 Å². The maximum atomic E-state index is 4.28. The first kappa shape index (κ1) is 8.97. The van der Waals surface area contributed by atoms with Crippen LogP contribution in [-0.4, -0.2) is 16.8 Å². The summed E-state index contributed by atoms with van der Waals surface area (Å²) >= 11 is 0. The second-order valence-corrected chi connectivity index (χ2v) is 3.16. The number of aromatic nitrogens is 2. The molecule has 3 heteroatoms. The summed E-state index contributed by atoms with van der Waals surface area (Å²) < 4.78 is 1.88. The predicted molar refractivity (Wildman–Crippen MR) is 58.4 cm³/mol. The molecule has 0 bridgehead atoms. The van der Waals surface area contributed by atoms with Crippen molar-refractivity contribution in [3.63, 3.8) is 0 Å². The Balaban J connectivity index is 0.00000112. The number of nitrogens with zero attached hydrogens (tertiary/aromatic N) is 2. The van der Waals surface area contributed by atoms with Gasteiger partial charge in [-0.25, -0.2) is 4.68 Å². The maximum Gasteiger partial charge on any atom is 0.0645 e. The van der Waals surface area contributed by atoms with Gasteiger partial charge >= 0.3 is 0 Å². The van der Waals surface area contributed by atoms with E-state index >= 15 is 0 Å². The summed E-state index contributed by atoms with van der Waals surface area (Å²) in [4.78, 5) is 0. The fourth-order valence-electron chi connectivity index (χ4n) is 1.38. The molecule has 0 spiro atoms. The van der Waals surface area contributed by atoms with Gasteiger partial charge in [0.1, 0.15) is 0 Å². The van der Waals surface area contributed by atoms with Gasteiger partial charge in [0.2, 0.25) is 0 Å². The Bertz CT molecular complexity index is 397. The number of para-hydroxylation sites is 1. The third-order valence-electron chi connectivity index (χ3n) is 2.04. The van der Waals surface area contributed by atoms with Crippen LogP contribution in [0.25, 0.3) is 5.69 Å². The van der Waals surface area contributed by atoms with Gasteiger partial charge in [-0.2, -0.15) is 5.10 Å². The van der Waals surface area contributed by atoms with Crippen LogP contribution >= 0.6 is 0 Å². The average molecular weight is 189 g/mol. The number of hydrogen-bond acceptors (Lipinski definition) is 2. The van der Waals surface area contributed by atoms with Crippen molar-refractivity contribution in [2.24, 2.45) is 0 Å². The van der Waals surface area contributed by atoms with E-state index < -0.39 is 0 Å². The number of benzene rings is 1. The molecular formula is C11H15N3. The van der Waals surface area contributed by atoms with Crippen molar-refractivity contribution >= 4 is 0 Å². The third kappa shape index (κ3) is 1.83. The first-order valence-corrected chi connectivity index (χ1v) is 4.64. The Kier molecular flexibility index (Phi) is 2.60. The zero-order valence-electron chi connectivity index (χ0n) is 8.14. The van der Waals surface area contributed by atoms with Crippen molar-refractivity contribution in [1.82, 2.24) is 15.1 Å². The van der Waals surface area contributed by atoms with Crippen molar-refractivity contribution in [1.29, 1.82) is 0 Å². The molecule has 0 aliphatic rings. The summed E-state index contributed by atoms with van der Waals surface area (Å²) in [6, 6.07) is 10.1. The molecule has 0 amide bonds. The lowest BCUT2D eigenvalue weighted by Gasteiger charge is -1.98. The van der Waals surface area contributed by atoms with Gasteiger partial charge < -0.3 is 5.32 Å². The standard InChI is InChI=1S/C11H13N3.H2/c1-12-7-10-8-13-14(9-10)11-5-3-2-4-6-11;/h2-6,8-9,12H,7H2,1H3;1H. The largest absolute Gasteiger partial charge is 0.316 e. The summed E-state index contributed by atoms with van der Waals surface area (Å²) in [7, 11) is 1.93. The summed E-state index contributed by atoms with van der Waals surface area (Å²) in [6.45, 7) is 0.854. The summed E-state index contributed by atoms with van der Waals surface area (Å²) in [5.74, 6) is 0. The van der Waals surface area contributed by atoms with E-state index in [0.717, 1.165) is 12.2 Å². The fourth-order valence-corrected chi connectivity index (χ4v) is 1.38. The van der Waals surface area contributed by atoms with Gasteiger partial charge in [-0.05, 0) is 19.2 Å². The SMILES string of the molecule is CNCc1cnn(-c2ccccc2)c1.[HH]. The lowest BCUT2D eigenvalue weighted by Crippen LogP contribution is -2.03. The molecule has 74 valence electrons. The summed E-state index contributed by atoms with van der Waals surface area (Å²) in [5.41, 5.74) is 2.28. The molecule has 0 unspecified atom stereocenters. The molecule has 2 aromatic rings. The van der Waals surface area contributed by atoms with Crippen molar-refractivity contribution in [2.45, 2.75) is 6.54 Å². The Labute approximate surface area is 84.9 Å². The van der Waals surface area contributed by atoms with E-state index in [4.69, 9.17) is 0 Å². The quantitative estimate of drug-likeness (QED) is 0.798. The molecular weight excluding hydrogens is 174 g/mol. The van der Waals surface area contributed by atoms with Crippen LogP contribution in [0.3, 0.4) is 0 Å². The molecule has 14 heavy (non-hydrogen) atoms. The first-order valence-electron chi connectivity index (χ1n) is 4.64. The van der Waals surface area contributed by atoms with E-state index in [-0.39, 0.29) is 1.43 Å². The van der Waals surface area contributed by atoms with Crippen LogP contribution in [0.1, 0.15) is 6.99 Å². The molecule has 0 saturated heterocycles. The average Bonchev–Trinajstić information content (AvgIpc) is 2.68. The van der Waals surface area contributed by atoms with Crippen molar-refractivity contribution < 1.29 is 1.43 Å². The Morgan fingerprint density at radius 1 is 1.36 bits per heavy atom. The van der Waals surface area contributed by atoms with Crippen LogP contribution in [0.4, 0.5) is 0 Å². The van der Waals surface area contributed by atoms with Crippen molar-refractivity contribution in [3.05, 3.63) is 48.3 Å². The lowest BCUT2D eigenvalue weighted by molar-refractivity contribution is 0.816. The Morgan fingerprint density at radius 2 is 2.14 bits per heavy atom. The highest BCUT2D eigenvalue weighted by atomic mass is 15.3. The van der Waals surface area contributed by atoms with Gasteiger partial charge in [0.25, 0.3) is 0 Å². The van der Waals surface area contributed by atoms with E-state index in [1.54, 1.807) is 0 Å². The van der Waals surface area contributed by atoms with Crippen LogP contribution < -0.4 is 5.32 Å². The van der Waals surface area contributed by atoms with Crippen molar-refractivity contribution in [3.8, 4) is 5.69 Å². The maximum absolute atomic E-state index is 4.28. The first-order chi connectivity index (χ1) is 6.90. The highest BCUT2D eigenvalue weighted by Crippen LogP contribution is 2.06. The van der Waals surface area contributed by atoms with Crippen LogP contribution in [0, 0.1) is 0 Å². The summed E-state index contributed by atoms with van der Waals surface area (Å²) in [5, 5.41) is 7.38. The van der Waals surface area contributed by atoms with Gasteiger partial charge in [-0.15, -0.1) is 0 Å². The Morgan fingerprint density at radius 3 is 2.86 bits per heavy atom. The number of nitrogens with one attached hydrogen (secondary N) is 1. The topological polar surface area (TPSA) is 29.9 Å². The fraction of sp³-hybridized carbons (Fsp3) is 0.182. The predicted octanol–water partition coefficient (Wildman–Crippen LogP) is 1.84. The summed E-state index contributed by atoms with van der Waals surface area (Å²) in [6.07, 6.45) is 3.91. The van der Waals surface area contributed by atoms with Gasteiger partial charge in [0.05, 0.1) is 11.9 Å². The van der Waals surface area contributed by atoms with Crippen LogP contribution in [0.15, 0.2) is 42.7 Å². The lowest BCUT2D eigenvalue weighted by atomic mass is 10.3. The molecule has 3 nitrogen and oxygen atoms in total. The number of rotatable bonds is 3. The molecule has 1 aromatic heterocycles. The van der Waals surface area contributed by atoms with Crippen LogP contribution in [0.5, 0.6) is 0 Å². The zero-order valence-corrected chi connectivity index (χ0v) is 8.14. The van der Waals surface area contributed by atoms with Gasteiger partial charge in [0.15, 0.2) is 0 Å². The number of hydrogen-bond donors (Lipinski definition) is 1. The minimum absolute atomic E-state index is 0. The highest BCUT2D eigenvalue weighted by Gasteiger charge is 1.98. The highest BCUT2D eigenvalue weighted by molar-refractivity contribution is 5.30. The van der Waals surface area contributed by atoms with Gasteiger partial charge in [0, 0.05) is 19.7 Å². The second-order valence-electron chi connectivity index (χ2n) is 3.16. The molecule has 0 fully saturated rings. The minimum atomic E-state index is 0. The molecule has 0 radical (unpaired) electrons. The molecule has 0 aliphatic carbocycles. The van der Waals surface area contributed by atoms with E-state index in [9.17, 15) is 0 Å². The third-order valence-corrected chi connectivity index (χ3v) is 2.04. The molecule has 1 N–H and O–H groups in total. The smallest absolute Gasteiger partial charge is 0.0645 e. The van der Waals surface area contributed by atoms with E-state index in [1.165, 1.54) is 5.56 Å². The second kappa shape index (κ2) is 4.07. The normalized spacial score (nSPS) is 10.4. The molecule has 0 aliphatic heterocycles. The van der Waals surface area contributed by atoms with E-state index in [2.05, 4.69) is 10.4 Å². The zero-order chi connectivity index (χ0) is 9.80. The molecule has 1 heterocycles. The molecule has 0 saturated carbocycles. The molecule has 0 atom stereocenters. The monoisotopic (exact) mass is 189 g/mol. The molecule has 1 aromatic carbocycles. The van der Waals surface area contributed by atoms with Gasteiger partial charge in [-0.3, -0.25) is 0 Å². The minimum Gasteiger partial charge on any atom is -0.316 e. The van der Waals surface area contributed by atoms with Crippen LogP contribution in [0.2, 0.25) is 0 Å². The van der Waals surface area contributed by atoms with Crippen molar-refractivity contribution in [2.75, 3.05) is 7.05 Å².